The first-order valence-electron chi connectivity index (χ1n) is 11.3. The lowest BCUT2D eigenvalue weighted by Crippen LogP contribution is -2.36. The molecule has 1 aliphatic heterocycles. The van der Waals surface area contributed by atoms with Gasteiger partial charge in [0, 0.05) is 36.7 Å². The fraction of sp³-hybridized carbons (Fsp3) is 0.360. The lowest BCUT2D eigenvalue weighted by atomic mass is 10.0. The first kappa shape index (κ1) is 23.4. The number of ether oxygens (including phenoxy) is 2. The van der Waals surface area contributed by atoms with Crippen LogP contribution >= 0.6 is 0 Å². The highest BCUT2D eigenvalue weighted by Gasteiger charge is 2.18. The number of rotatable bonds is 9. The molecule has 3 heterocycles. The number of pyridine rings is 1. The quantitative estimate of drug-likeness (QED) is 0.463. The standard InChI is InChI=1S/C25H29N7O2/c1-32-9-7-19(8-10-32)30-23-13-24(31-25-17-27-20(14-26)15-28-25)29-16-22(23)18-3-5-21(6-4-18)34-12-11-33-2/h3-6,13,15-17,19H,7-12H2,1-2H3,(H2,28,29,30,31). The fourth-order valence-corrected chi connectivity index (χ4v) is 3.80. The number of hydrogen-bond donors (Lipinski definition) is 2. The number of nitrogens with one attached hydrogen (secondary N) is 2. The molecule has 0 spiro atoms. The first-order chi connectivity index (χ1) is 16.6. The van der Waals surface area contributed by atoms with Crippen LogP contribution in [-0.4, -0.2) is 66.4 Å². The summed E-state index contributed by atoms with van der Waals surface area (Å²) < 4.78 is 10.7. The van der Waals surface area contributed by atoms with Gasteiger partial charge < -0.3 is 25.0 Å². The molecule has 34 heavy (non-hydrogen) atoms. The number of anilines is 3. The number of aromatic nitrogens is 3. The number of hydrogen-bond acceptors (Lipinski definition) is 9. The summed E-state index contributed by atoms with van der Waals surface area (Å²) in [7, 11) is 3.82. The predicted molar refractivity (Wildman–Crippen MR) is 131 cm³/mol. The molecule has 0 radical (unpaired) electrons. The molecule has 2 aromatic heterocycles. The van der Waals surface area contributed by atoms with Gasteiger partial charge >= 0.3 is 0 Å². The highest BCUT2D eigenvalue weighted by atomic mass is 16.5. The maximum absolute atomic E-state index is 8.93. The Bertz CT molecular complexity index is 1110. The first-order valence-corrected chi connectivity index (χ1v) is 11.3. The summed E-state index contributed by atoms with van der Waals surface area (Å²) in [6.07, 6.45) is 6.98. The number of methoxy groups -OCH3 is 1. The Kier molecular flexibility index (Phi) is 7.86. The third-order valence-electron chi connectivity index (χ3n) is 5.73. The monoisotopic (exact) mass is 459 g/mol. The highest BCUT2D eigenvalue weighted by molar-refractivity contribution is 5.80. The van der Waals surface area contributed by atoms with Crippen molar-refractivity contribution < 1.29 is 9.47 Å². The molecule has 0 atom stereocenters. The molecule has 9 nitrogen and oxygen atoms in total. The van der Waals surface area contributed by atoms with Crippen molar-refractivity contribution in [2.24, 2.45) is 0 Å². The Morgan fingerprint density at radius 3 is 2.47 bits per heavy atom. The lowest BCUT2D eigenvalue weighted by molar-refractivity contribution is 0.146. The molecule has 1 aromatic carbocycles. The fourth-order valence-electron chi connectivity index (χ4n) is 3.80. The zero-order chi connectivity index (χ0) is 23.8. The molecule has 1 saturated heterocycles. The van der Waals surface area contributed by atoms with E-state index in [9.17, 15) is 0 Å². The van der Waals surface area contributed by atoms with Crippen LogP contribution in [0.1, 0.15) is 18.5 Å². The van der Waals surface area contributed by atoms with Gasteiger partial charge in [-0.25, -0.2) is 15.0 Å². The van der Waals surface area contributed by atoms with Crippen LogP contribution in [0.3, 0.4) is 0 Å². The number of nitrogens with zero attached hydrogens (tertiary/aromatic N) is 5. The van der Waals surface area contributed by atoms with Crippen LogP contribution in [0.25, 0.3) is 11.1 Å². The second-order valence-corrected chi connectivity index (χ2v) is 8.23. The van der Waals surface area contributed by atoms with Gasteiger partial charge in [0.1, 0.15) is 30.1 Å². The Morgan fingerprint density at radius 2 is 1.79 bits per heavy atom. The van der Waals surface area contributed by atoms with E-state index in [2.05, 4.69) is 37.5 Å². The molecule has 2 N–H and O–H groups in total. The van der Waals surface area contributed by atoms with Crippen molar-refractivity contribution in [2.45, 2.75) is 18.9 Å². The Balaban J connectivity index is 1.57. The van der Waals surface area contributed by atoms with E-state index >= 15 is 0 Å². The molecule has 1 fully saturated rings. The van der Waals surface area contributed by atoms with E-state index in [0.717, 1.165) is 48.5 Å². The average Bonchev–Trinajstić information content (AvgIpc) is 2.87. The topological polar surface area (TPSA) is 108 Å². The summed E-state index contributed by atoms with van der Waals surface area (Å²) >= 11 is 0. The van der Waals surface area contributed by atoms with Crippen LogP contribution in [0.15, 0.2) is 48.9 Å². The van der Waals surface area contributed by atoms with Crippen LogP contribution in [-0.2, 0) is 4.74 Å². The average molecular weight is 460 g/mol. The van der Waals surface area contributed by atoms with Gasteiger partial charge in [-0.05, 0) is 50.7 Å². The molecule has 9 heteroatoms. The Labute approximate surface area is 199 Å². The molecule has 0 saturated carbocycles. The SMILES string of the molecule is COCCOc1ccc(-c2cnc(Nc3cnc(C#N)cn3)cc2NC2CCN(C)CC2)cc1. The minimum atomic E-state index is 0.271. The van der Waals surface area contributed by atoms with Crippen molar-refractivity contribution in [1.82, 2.24) is 19.9 Å². The van der Waals surface area contributed by atoms with Crippen LogP contribution in [0.5, 0.6) is 5.75 Å². The normalized spacial score (nSPS) is 14.4. The van der Waals surface area contributed by atoms with Crippen molar-refractivity contribution in [3.63, 3.8) is 0 Å². The molecule has 1 aliphatic rings. The van der Waals surface area contributed by atoms with Gasteiger partial charge in [0.2, 0.25) is 0 Å². The summed E-state index contributed by atoms with van der Waals surface area (Å²) in [4.78, 5) is 15.3. The van der Waals surface area contributed by atoms with Gasteiger partial charge in [0.25, 0.3) is 0 Å². The Hall–Kier alpha value is -3.74. The smallest absolute Gasteiger partial charge is 0.158 e. The molecular weight excluding hydrogens is 430 g/mol. The molecule has 3 aromatic rings. The maximum Gasteiger partial charge on any atom is 0.158 e. The molecule has 4 rings (SSSR count). The maximum atomic E-state index is 8.93. The number of nitriles is 1. The van der Waals surface area contributed by atoms with E-state index in [1.165, 1.54) is 12.4 Å². The van der Waals surface area contributed by atoms with E-state index in [1.807, 2.05) is 42.6 Å². The van der Waals surface area contributed by atoms with Gasteiger partial charge in [-0.3, -0.25) is 0 Å². The van der Waals surface area contributed by atoms with Crippen LogP contribution in [0.4, 0.5) is 17.3 Å². The second kappa shape index (κ2) is 11.4. The number of piperidine rings is 1. The van der Waals surface area contributed by atoms with Crippen molar-refractivity contribution in [3.8, 4) is 22.9 Å². The van der Waals surface area contributed by atoms with E-state index in [0.29, 0.717) is 30.9 Å². The molecule has 176 valence electrons. The van der Waals surface area contributed by atoms with E-state index < -0.39 is 0 Å². The summed E-state index contributed by atoms with van der Waals surface area (Å²) in [5.41, 5.74) is 3.33. The summed E-state index contributed by atoms with van der Waals surface area (Å²) in [6, 6.07) is 12.4. The third kappa shape index (κ3) is 6.19. The third-order valence-corrected chi connectivity index (χ3v) is 5.73. The second-order valence-electron chi connectivity index (χ2n) is 8.23. The zero-order valence-corrected chi connectivity index (χ0v) is 19.5. The van der Waals surface area contributed by atoms with Crippen molar-refractivity contribution in [2.75, 3.05) is 51.1 Å². The summed E-state index contributed by atoms with van der Waals surface area (Å²) in [6.45, 7) is 3.20. The summed E-state index contributed by atoms with van der Waals surface area (Å²) in [5.74, 6) is 1.98. The van der Waals surface area contributed by atoms with Crippen LogP contribution in [0.2, 0.25) is 0 Å². The van der Waals surface area contributed by atoms with Crippen LogP contribution in [0, 0.1) is 11.3 Å². The van der Waals surface area contributed by atoms with Crippen molar-refractivity contribution in [1.29, 1.82) is 5.26 Å². The van der Waals surface area contributed by atoms with Gasteiger partial charge in [-0.2, -0.15) is 5.26 Å². The molecule has 0 aliphatic carbocycles. The zero-order valence-electron chi connectivity index (χ0n) is 19.5. The van der Waals surface area contributed by atoms with E-state index in [1.54, 1.807) is 7.11 Å². The summed E-state index contributed by atoms with van der Waals surface area (Å²) in [5, 5.41) is 15.8. The molecule has 0 unspecified atom stereocenters. The number of likely N-dealkylation sites (tertiary alicyclic amines) is 1. The molecular formula is C25H29N7O2. The van der Waals surface area contributed by atoms with E-state index in [4.69, 9.17) is 14.7 Å². The molecule has 0 bridgehead atoms. The van der Waals surface area contributed by atoms with Crippen molar-refractivity contribution >= 4 is 17.3 Å². The van der Waals surface area contributed by atoms with Crippen LogP contribution < -0.4 is 15.4 Å². The predicted octanol–water partition coefficient (Wildman–Crippen LogP) is 3.69. The minimum absolute atomic E-state index is 0.271. The van der Waals surface area contributed by atoms with Gasteiger partial charge in [0.15, 0.2) is 5.69 Å². The van der Waals surface area contributed by atoms with Gasteiger partial charge in [-0.15, -0.1) is 0 Å². The van der Waals surface area contributed by atoms with E-state index in [-0.39, 0.29) is 5.69 Å². The van der Waals surface area contributed by atoms with Crippen molar-refractivity contribution in [3.05, 3.63) is 54.6 Å². The minimum Gasteiger partial charge on any atom is -0.491 e. The van der Waals surface area contributed by atoms with Gasteiger partial charge in [-0.1, -0.05) is 12.1 Å². The Morgan fingerprint density at radius 1 is 1.03 bits per heavy atom. The largest absolute Gasteiger partial charge is 0.491 e. The molecule has 0 amide bonds. The lowest BCUT2D eigenvalue weighted by Gasteiger charge is -2.30. The highest BCUT2D eigenvalue weighted by Crippen LogP contribution is 2.32. The number of benzene rings is 1. The van der Waals surface area contributed by atoms with Gasteiger partial charge in [0.05, 0.1) is 19.0 Å².